The van der Waals surface area contributed by atoms with Gasteiger partial charge < -0.3 is 14.5 Å². The van der Waals surface area contributed by atoms with Crippen LogP contribution in [0.5, 0.6) is 5.75 Å². The van der Waals surface area contributed by atoms with Crippen molar-refractivity contribution in [3.8, 4) is 5.75 Å². The summed E-state index contributed by atoms with van der Waals surface area (Å²) in [5.74, 6) is 1.44. The molecular weight excluding hydrogens is 292 g/mol. The maximum atomic E-state index is 11.8. The number of aromatic nitrogens is 1. The Bertz CT molecular complexity index is 637. The van der Waals surface area contributed by atoms with E-state index in [-0.39, 0.29) is 0 Å². The second kappa shape index (κ2) is 7.11. The van der Waals surface area contributed by atoms with Crippen LogP contribution in [0.1, 0.15) is 0 Å². The summed E-state index contributed by atoms with van der Waals surface area (Å²) >= 11 is 0. The minimum absolute atomic E-state index is 0.506. The lowest BCUT2D eigenvalue weighted by atomic mass is 10.3. The fourth-order valence-electron chi connectivity index (χ4n) is 2.42. The zero-order valence-corrected chi connectivity index (χ0v) is 13.1. The molecule has 2 aromatic rings. The topological polar surface area (TPSA) is 57.7 Å². The highest BCUT2D eigenvalue weighted by Gasteiger charge is 2.15. The molecule has 3 rings (SSSR count). The normalized spacial score (nSPS) is 15.3. The van der Waals surface area contributed by atoms with Gasteiger partial charge in [0.25, 0.3) is 0 Å². The first-order valence-corrected chi connectivity index (χ1v) is 7.64. The van der Waals surface area contributed by atoms with Crippen molar-refractivity contribution < 1.29 is 9.53 Å². The molecule has 6 heteroatoms. The van der Waals surface area contributed by atoms with Gasteiger partial charge in [0.2, 0.25) is 0 Å². The number of para-hydroxylation sites is 1. The van der Waals surface area contributed by atoms with E-state index < -0.39 is 6.09 Å². The lowest BCUT2D eigenvalue weighted by Gasteiger charge is -2.33. The Labute approximate surface area is 135 Å². The Hall–Kier alpha value is -2.60. The quantitative estimate of drug-likeness (QED) is 0.943. The van der Waals surface area contributed by atoms with E-state index in [4.69, 9.17) is 4.74 Å². The van der Waals surface area contributed by atoms with Gasteiger partial charge in [-0.25, -0.2) is 9.78 Å². The third kappa shape index (κ3) is 4.20. The number of carbonyl (C=O) groups is 1. The van der Waals surface area contributed by atoms with Crippen molar-refractivity contribution in [1.29, 1.82) is 0 Å². The van der Waals surface area contributed by atoms with Crippen molar-refractivity contribution in [3.63, 3.8) is 0 Å². The third-order valence-corrected chi connectivity index (χ3v) is 3.78. The molecule has 1 fully saturated rings. The highest BCUT2D eigenvalue weighted by molar-refractivity contribution is 5.86. The van der Waals surface area contributed by atoms with Gasteiger partial charge in [-0.2, -0.15) is 0 Å². The standard InChI is InChI=1S/C17H20N4O2/c1-20-9-11-21(12-10-20)16-8-7-14(13-18-16)19-17(22)23-15-5-3-2-4-6-15/h2-8,13H,9-12H2,1H3,(H,19,22). The number of ether oxygens (including phenoxy) is 1. The highest BCUT2D eigenvalue weighted by atomic mass is 16.6. The van der Waals surface area contributed by atoms with Crippen LogP contribution < -0.4 is 15.0 Å². The highest BCUT2D eigenvalue weighted by Crippen LogP contribution is 2.16. The maximum absolute atomic E-state index is 11.8. The predicted molar refractivity (Wildman–Crippen MR) is 90.0 cm³/mol. The van der Waals surface area contributed by atoms with E-state index in [1.807, 2.05) is 30.3 Å². The zero-order chi connectivity index (χ0) is 16.1. The van der Waals surface area contributed by atoms with Crippen LogP contribution in [-0.4, -0.2) is 49.2 Å². The average Bonchev–Trinajstić information content (AvgIpc) is 2.57. The van der Waals surface area contributed by atoms with E-state index in [0.717, 1.165) is 32.0 Å². The van der Waals surface area contributed by atoms with Crippen molar-refractivity contribution in [2.45, 2.75) is 0 Å². The Kier molecular flexibility index (Phi) is 4.73. The summed E-state index contributed by atoms with van der Waals surface area (Å²) in [5.41, 5.74) is 0.615. The Balaban J connectivity index is 1.56. The van der Waals surface area contributed by atoms with Crippen LogP contribution in [0.4, 0.5) is 16.3 Å². The molecule has 0 spiro atoms. The molecule has 1 aromatic carbocycles. The maximum Gasteiger partial charge on any atom is 0.417 e. The van der Waals surface area contributed by atoms with Crippen molar-refractivity contribution in [2.75, 3.05) is 43.4 Å². The summed E-state index contributed by atoms with van der Waals surface area (Å²) < 4.78 is 5.18. The second-order valence-electron chi connectivity index (χ2n) is 5.52. The van der Waals surface area contributed by atoms with Crippen LogP contribution in [0.15, 0.2) is 48.7 Å². The number of piperazine rings is 1. The van der Waals surface area contributed by atoms with Gasteiger partial charge in [-0.1, -0.05) is 18.2 Å². The molecule has 1 aliphatic rings. The zero-order valence-electron chi connectivity index (χ0n) is 13.1. The van der Waals surface area contributed by atoms with Gasteiger partial charge in [0, 0.05) is 26.2 Å². The Morgan fingerprint density at radius 3 is 2.48 bits per heavy atom. The van der Waals surface area contributed by atoms with Crippen LogP contribution in [-0.2, 0) is 0 Å². The molecule has 1 aromatic heterocycles. The monoisotopic (exact) mass is 312 g/mol. The Morgan fingerprint density at radius 2 is 1.83 bits per heavy atom. The number of amides is 1. The van der Waals surface area contributed by atoms with Crippen molar-refractivity contribution in [3.05, 3.63) is 48.7 Å². The average molecular weight is 312 g/mol. The number of hydrogen-bond donors (Lipinski definition) is 1. The van der Waals surface area contributed by atoms with E-state index in [1.54, 1.807) is 18.3 Å². The fraction of sp³-hybridized carbons (Fsp3) is 0.294. The molecule has 0 atom stereocenters. The summed E-state index contributed by atoms with van der Waals surface area (Å²) in [6.45, 7) is 3.99. The van der Waals surface area contributed by atoms with Crippen molar-refractivity contribution >= 4 is 17.6 Å². The predicted octanol–water partition coefficient (Wildman–Crippen LogP) is 2.44. The SMILES string of the molecule is CN1CCN(c2ccc(NC(=O)Oc3ccccc3)cn2)CC1. The lowest BCUT2D eigenvalue weighted by Crippen LogP contribution is -2.44. The summed E-state index contributed by atoms with van der Waals surface area (Å²) in [6.07, 6.45) is 1.13. The van der Waals surface area contributed by atoms with E-state index in [9.17, 15) is 4.79 Å². The van der Waals surface area contributed by atoms with Crippen LogP contribution in [0.25, 0.3) is 0 Å². The molecule has 0 bridgehead atoms. The minimum Gasteiger partial charge on any atom is -0.410 e. The molecule has 6 nitrogen and oxygen atoms in total. The number of nitrogens with zero attached hydrogens (tertiary/aromatic N) is 3. The van der Waals surface area contributed by atoms with Gasteiger partial charge in [-0.15, -0.1) is 0 Å². The molecular formula is C17H20N4O2. The molecule has 1 aliphatic heterocycles. The number of nitrogens with one attached hydrogen (secondary N) is 1. The summed E-state index contributed by atoms with van der Waals surface area (Å²) in [5, 5.41) is 2.68. The van der Waals surface area contributed by atoms with Gasteiger partial charge in [0.15, 0.2) is 0 Å². The van der Waals surface area contributed by atoms with Crippen LogP contribution in [0.2, 0.25) is 0 Å². The molecule has 23 heavy (non-hydrogen) atoms. The largest absolute Gasteiger partial charge is 0.417 e. The number of anilines is 2. The minimum atomic E-state index is -0.523. The Morgan fingerprint density at radius 1 is 1.09 bits per heavy atom. The number of carbonyl (C=O) groups excluding carboxylic acids is 1. The number of pyridine rings is 1. The summed E-state index contributed by atoms with van der Waals surface area (Å²) in [4.78, 5) is 20.8. The molecule has 0 unspecified atom stereocenters. The van der Waals surface area contributed by atoms with E-state index in [0.29, 0.717) is 11.4 Å². The number of rotatable bonds is 3. The van der Waals surface area contributed by atoms with Crippen molar-refractivity contribution in [2.24, 2.45) is 0 Å². The molecule has 0 saturated carbocycles. The summed E-state index contributed by atoms with van der Waals surface area (Å²) in [6, 6.07) is 12.7. The first kappa shape index (κ1) is 15.3. The van der Waals surface area contributed by atoms with Gasteiger partial charge in [-0.3, -0.25) is 5.32 Å². The molecule has 0 radical (unpaired) electrons. The van der Waals surface area contributed by atoms with Crippen molar-refractivity contribution in [1.82, 2.24) is 9.88 Å². The van der Waals surface area contributed by atoms with Gasteiger partial charge in [0.05, 0.1) is 11.9 Å². The first-order valence-electron chi connectivity index (χ1n) is 7.64. The molecule has 120 valence electrons. The van der Waals surface area contributed by atoms with Crippen LogP contribution in [0.3, 0.4) is 0 Å². The fourth-order valence-corrected chi connectivity index (χ4v) is 2.42. The molecule has 1 saturated heterocycles. The second-order valence-corrected chi connectivity index (χ2v) is 5.52. The van der Waals surface area contributed by atoms with Crippen LogP contribution in [0, 0.1) is 0 Å². The molecule has 1 amide bonds. The molecule has 0 aliphatic carbocycles. The van der Waals surface area contributed by atoms with E-state index >= 15 is 0 Å². The van der Waals surface area contributed by atoms with Gasteiger partial charge >= 0.3 is 6.09 Å². The van der Waals surface area contributed by atoms with Gasteiger partial charge in [-0.05, 0) is 31.3 Å². The van der Waals surface area contributed by atoms with Crippen LogP contribution >= 0.6 is 0 Å². The summed E-state index contributed by atoms with van der Waals surface area (Å²) in [7, 11) is 2.12. The number of hydrogen-bond acceptors (Lipinski definition) is 5. The van der Waals surface area contributed by atoms with Gasteiger partial charge in [0.1, 0.15) is 11.6 Å². The molecule has 2 heterocycles. The number of benzene rings is 1. The smallest absolute Gasteiger partial charge is 0.410 e. The third-order valence-electron chi connectivity index (χ3n) is 3.78. The molecule has 1 N–H and O–H groups in total. The first-order chi connectivity index (χ1) is 11.2. The number of likely N-dealkylation sites (N-methyl/N-ethyl adjacent to an activating group) is 1. The van der Waals surface area contributed by atoms with E-state index in [2.05, 4.69) is 27.1 Å². The van der Waals surface area contributed by atoms with E-state index in [1.165, 1.54) is 0 Å². The lowest BCUT2D eigenvalue weighted by molar-refractivity contribution is 0.215.